The lowest BCUT2D eigenvalue weighted by atomic mass is 10.2. The third kappa shape index (κ3) is 2.56. The molecule has 2 heterocycles. The molecule has 0 atom stereocenters. The molecule has 0 unspecified atom stereocenters. The number of H-pyrrole nitrogens is 1. The van der Waals surface area contributed by atoms with Crippen molar-refractivity contribution in [1.82, 2.24) is 19.5 Å². The van der Waals surface area contributed by atoms with Gasteiger partial charge in [0.1, 0.15) is 0 Å². The molecule has 2 aromatic heterocycles. The van der Waals surface area contributed by atoms with Gasteiger partial charge in [0, 0.05) is 14.1 Å². The fourth-order valence-corrected chi connectivity index (χ4v) is 3.38. The minimum absolute atomic E-state index is 0.240. The number of fused-ring (bicyclic) bond motifs is 3. The number of nitrogens with one attached hydrogen (secondary N) is 3. The fourth-order valence-electron chi connectivity index (χ4n) is 2.89. The second kappa shape index (κ2) is 6.19. The molecule has 4 aromatic rings. The fraction of sp³-hybridized carbons (Fsp3) is 0.118. The topological polar surface area (TPSA) is 87.6 Å². The molecule has 3 N–H and O–H groups in total. The van der Waals surface area contributed by atoms with Gasteiger partial charge in [0.2, 0.25) is 11.9 Å². The van der Waals surface area contributed by atoms with Crippen LogP contribution in [0.5, 0.6) is 0 Å². The molecule has 2 aromatic carbocycles. The summed E-state index contributed by atoms with van der Waals surface area (Å²) >= 11 is 12.5. The van der Waals surface area contributed by atoms with Gasteiger partial charge in [-0.25, -0.2) is 9.97 Å². The highest BCUT2D eigenvalue weighted by molar-refractivity contribution is 6.39. The third-order valence-electron chi connectivity index (χ3n) is 4.14. The summed E-state index contributed by atoms with van der Waals surface area (Å²) in [5.74, 6) is 0.921. The van der Waals surface area contributed by atoms with Crippen LogP contribution in [0.2, 0.25) is 10.0 Å². The van der Waals surface area contributed by atoms with Crippen molar-refractivity contribution in [1.29, 1.82) is 0 Å². The van der Waals surface area contributed by atoms with Crippen LogP contribution in [0.15, 0.2) is 35.1 Å². The smallest absolute Gasteiger partial charge is 0.262 e. The minimum atomic E-state index is -0.240. The van der Waals surface area contributed by atoms with Crippen molar-refractivity contribution in [3.8, 4) is 0 Å². The van der Waals surface area contributed by atoms with Crippen molar-refractivity contribution in [2.45, 2.75) is 0 Å². The molecule has 7 nitrogen and oxygen atoms in total. The maximum Gasteiger partial charge on any atom is 0.262 e. The number of benzene rings is 2. The van der Waals surface area contributed by atoms with Crippen molar-refractivity contribution < 1.29 is 0 Å². The van der Waals surface area contributed by atoms with Crippen molar-refractivity contribution in [3.05, 3.63) is 50.7 Å². The van der Waals surface area contributed by atoms with E-state index in [1.807, 2.05) is 13.1 Å². The number of aromatic amines is 1. The van der Waals surface area contributed by atoms with Crippen molar-refractivity contribution in [3.63, 3.8) is 0 Å². The third-order valence-corrected chi connectivity index (χ3v) is 4.77. The van der Waals surface area contributed by atoms with E-state index in [0.717, 1.165) is 0 Å². The van der Waals surface area contributed by atoms with Crippen LogP contribution in [0.3, 0.4) is 0 Å². The second-order valence-corrected chi connectivity index (χ2v) is 6.52. The molecule has 0 radical (unpaired) electrons. The standard InChI is InChI=1S/C17H14Cl2N6O/c1-20-16-21-10-6-7-11-14(12(10)15(26)24-16)25(2)17(22-11)23-13-8(18)4-3-5-9(13)19/h3-7H,1-2H3,(H,22,23)(H2,20,21,24,26). The molecular formula is C17H14Cl2N6O. The van der Waals surface area contributed by atoms with Crippen LogP contribution in [-0.4, -0.2) is 26.6 Å². The number of halogens is 2. The monoisotopic (exact) mass is 388 g/mol. The van der Waals surface area contributed by atoms with Gasteiger partial charge in [-0.05, 0) is 24.3 Å². The van der Waals surface area contributed by atoms with Gasteiger partial charge in [0.05, 0.1) is 37.7 Å². The molecule has 4 rings (SSSR count). The highest BCUT2D eigenvalue weighted by atomic mass is 35.5. The molecule has 0 aliphatic carbocycles. The zero-order valence-electron chi connectivity index (χ0n) is 13.9. The Morgan fingerprint density at radius 1 is 1.08 bits per heavy atom. The number of nitrogens with zero attached hydrogens (tertiary/aromatic N) is 3. The molecule has 9 heteroatoms. The van der Waals surface area contributed by atoms with Crippen LogP contribution in [0, 0.1) is 0 Å². The van der Waals surface area contributed by atoms with Crippen molar-refractivity contribution in [2.24, 2.45) is 7.05 Å². The van der Waals surface area contributed by atoms with Crippen LogP contribution in [0.4, 0.5) is 17.6 Å². The molecule has 0 saturated heterocycles. The van der Waals surface area contributed by atoms with Crippen LogP contribution < -0.4 is 16.2 Å². The maximum atomic E-state index is 12.6. The number of para-hydroxylation sites is 1. The normalized spacial score (nSPS) is 11.2. The van der Waals surface area contributed by atoms with E-state index in [1.165, 1.54) is 0 Å². The molecular weight excluding hydrogens is 375 g/mol. The molecule has 132 valence electrons. The summed E-state index contributed by atoms with van der Waals surface area (Å²) < 4.78 is 1.79. The number of aromatic nitrogens is 4. The van der Waals surface area contributed by atoms with E-state index in [9.17, 15) is 4.79 Å². The summed E-state index contributed by atoms with van der Waals surface area (Å²) in [6.45, 7) is 0. The first kappa shape index (κ1) is 16.7. The van der Waals surface area contributed by atoms with E-state index < -0.39 is 0 Å². The largest absolute Gasteiger partial charge is 0.359 e. The van der Waals surface area contributed by atoms with Gasteiger partial charge in [0.15, 0.2) is 0 Å². The second-order valence-electron chi connectivity index (χ2n) is 5.71. The number of aryl methyl sites for hydroxylation is 1. The van der Waals surface area contributed by atoms with E-state index in [2.05, 4.69) is 25.6 Å². The average molecular weight is 389 g/mol. The van der Waals surface area contributed by atoms with Crippen LogP contribution in [0.25, 0.3) is 21.9 Å². The lowest BCUT2D eigenvalue weighted by molar-refractivity contribution is 0.960. The van der Waals surface area contributed by atoms with Crippen molar-refractivity contribution >= 4 is 62.7 Å². The highest BCUT2D eigenvalue weighted by Crippen LogP contribution is 2.33. The first-order valence-corrected chi connectivity index (χ1v) is 8.53. The van der Waals surface area contributed by atoms with Crippen LogP contribution >= 0.6 is 23.2 Å². The Morgan fingerprint density at radius 3 is 2.46 bits per heavy atom. The lowest BCUT2D eigenvalue weighted by Gasteiger charge is -2.10. The number of anilines is 3. The quantitative estimate of drug-likeness (QED) is 0.495. The molecule has 0 aliphatic rings. The van der Waals surface area contributed by atoms with Gasteiger partial charge in [0.25, 0.3) is 5.56 Å². The number of hydrogen-bond donors (Lipinski definition) is 3. The molecule has 0 amide bonds. The van der Waals surface area contributed by atoms with Crippen LogP contribution in [-0.2, 0) is 7.05 Å². The summed E-state index contributed by atoms with van der Waals surface area (Å²) in [5, 5.41) is 7.42. The van der Waals surface area contributed by atoms with E-state index in [4.69, 9.17) is 23.2 Å². The van der Waals surface area contributed by atoms with Crippen LogP contribution in [0.1, 0.15) is 0 Å². The van der Waals surface area contributed by atoms with Gasteiger partial charge >= 0.3 is 0 Å². The summed E-state index contributed by atoms with van der Waals surface area (Å²) in [6, 6.07) is 8.84. The van der Waals surface area contributed by atoms with Gasteiger partial charge in [-0.15, -0.1) is 0 Å². The van der Waals surface area contributed by atoms with Gasteiger partial charge in [-0.2, -0.15) is 0 Å². The first-order valence-electron chi connectivity index (χ1n) is 7.78. The summed E-state index contributed by atoms with van der Waals surface area (Å²) in [5.41, 5.74) is 2.23. The van der Waals surface area contributed by atoms with Gasteiger partial charge < -0.3 is 15.2 Å². The van der Waals surface area contributed by atoms with E-state index >= 15 is 0 Å². The Bertz CT molecular complexity index is 1190. The van der Waals surface area contributed by atoms with Gasteiger partial charge in [-0.3, -0.25) is 9.78 Å². The minimum Gasteiger partial charge on any atom is -0.359 e. The Balaban J connectivity index is 1.95. The molecule has 0 spiro atoms. The summed E-state index contributed by atoms with van der Waals surface area (Å²) in [6.07, 6.45) is 0. The molecule has 0 aliphatic heterocycles. The Hall–Kier alpha value is -2.77. The number of imidazole rings is 1. The van der Waals surface area contributed by atoms with E-state index in [1.54, 1.807) is 35.9 Å². The predicted molar refractivity (Wildman–Crippen MR) is 106 cm³/mol. The Morgan fingerprint density at radius 2 is 1.77 bits per heavy atom. The number of rotatable bonds is 3. The first-order chi connectivity index (χ1) is 12.5. The zero-order valence-corrected chi connectivity index (χ0v) is 15.4. The van der Waals surface area contributed by atoms with E-state index in [-0.39, 0.29) is 5.56 Å². The highest BCUT2D eigenvalue weighted by Gasteiger charge is 2.16. The summed E-state index contributed by atoms with van der Waals surface area (Å²) in [7, 11) is 3.51. The molecule has 0 fully saturated rings. The van der Waals surface area contributed by atoms with E-state index in [0.29, 0.717) is 49.6 Å². The SMILES string of the molecule is CNc1nc2ccc3nc(Nc4c(Cl)cccc4Cl)n(C)c3c2c(=O)[nH]1. The number of hydrogen-bond acceptors (Lipinski definition) is 5. The lowest BCUT2D eigenvalue weighted by Crippen LogP contribution is -2.12. The Labute approximate surface area is 158 Å². The summed E-state index contributed by atoms with van der Waals surface area (Å²) in [4.78, 5) is 24.2. The molecule has 0 bridgehead atoms. The Kier molecular flexibility index (Phi) is 3.97. The van der Waals surface area contributed by atoms with Crippen molar-refractivity contribution in [2.75, 3.05) is 17.7 Å². The molecule has 26 heavy (non-hydrogen) atoms. The molecule has 0 saturated carbocycles. The maximum absolute atomic E-state index is 12.6. The predicted octanol–water partition coefficient (Wildman–Crippen LogP) is 3.90. The average Bonchev–Trinajstić information content (AvgIpc) is 2.94. The van der Waals surface area contributed by atoms with Gasteiger partial charge in [-0.1, -0.05) is 29.3 Å². The zero-order chi connectivity index (χ0) is 18.4.